The Morgan fingerprint density at radius 1 is 0.308 bits per heavy atom. The van der Waals surface area contributed by atoms with Crippen LogP contribution in [0.2, 0.25) is 0 Å². The quantitative estimate of drug-likeness (QED) is 0.0373. The molecule has 5 heteroatoms. The minimum Gasteiger partial charge on any atom is -0.462 e. The molecule has 0 aliphatic carbocycles. The van der Waals surface area contributed by atoms with Crippen molar-refractivity contribution in [3.63, 3.8) is 0 Å². The second-order valence-electron chi connectivity index (χ2n) is 22.5. The van der Waals surface area contributed by atoms with Crippen LogP contribution in [0.4, 0.5) is 0 Å². The van der Waals surface area contributed by atoms with E-state index < -0.39 is 6.10 Å². The molecular formula is C73H128O5. The summed E-state index contributed by atoms with van der Waals surface area (Å²) in [7, 11) is 0. The summed E-state index contributed by atoms with van der Waals surface area (Å²) < 4.78 is 10.7. The summed E-state index contributed by atoms with van der Waals surface area (Å²) in [5, 5.41) is 9.69. The molecule has 1 atom stereocenters. The molecule has 0 amide bonds. The number of aliphatic hydroxyl groups is 1. The minimum atomic E-state index is -0.782. The van der Waals surface area contributed by atoms with Gasteiger partial charge in [-0.05, 0) is 96.3 Å². The van der Waals surface area contributed by atoms with Gasteiger partial charge in [-0.1, -0.05) is 323 Å². The van der Waals surface area contributed by atoms with Crippen molar-refractivity contribution in [2.45, 2.75) is 341 Å². The van der Waals surface area contributed by atoms with Crippen LogP contribution in [-0.4, -0.2) is 36.4 Å². The number of carbonyl (C=O) groups excluding carboxylic acids is 2. The highest BCUT2D eigenvalue weighted by Crippen LogP contribution is 2.18. The maximum absolute atomic E-state index is 12.3. The first-order valence-corrected chi connectivity index (χ1v) is 33.8. The molecule has 0 bridgehead atoms. The van der Waals surface area contributed by atoms with Crippen LogP contribution in [0.3, 0.4) is 0 Å². The first kappa shape index (κ1) is 74.8. The highest BCUT2D eigenvalue weighted by molar-refractivity contribution is 5.70. The number of aliphatic hydroxyl groups excluding tert-OH is 1. The van der Waals surface area contributed by atoms with Gasteiger partial charge in [0.05, 0.1) is 6.61 Å². The van der Waals surface area contributed by atoms with Crippen molar-refractivity contribution < 1.29 is 24.2 Å². The van der Waals surface area contributed by atoms with E-state index in [9.17, 15) is 14.7 Å². The SMILES string of the molecule is CC/C=C\C/C=C\C/C=C\C/C=C\C/C=C\C/C=C\CCCCCCCCCCC(=O)OC(CO)COC(=O)CCCCCCCCCCCCCCCCCCCCCCCCCCC/C=C\C/C=C\CCCCCCC. The lowest BCUT2D eigenvalue weighted by Gasteiger charge is -2.15. The Morgan fingerprint density at radius 2 is 0.551 bits per heavy atom. The third-order valence-corrected chi connectivity index (χ3v) is 14.9. The van der Waals surface area contributed by atoms with Gasteiger partial charge in [-0.3, -0.25) is 9.59 Å². The van der Waals surface area contributed by atoms with Gasteiger partial charge in [0.2, 0.25) is 0 Å². The first-order valence-electron chi connectivity index (χ1n) is 33.8. The summed E-state index contributed by atoms with van der Waals surface area (Å²) in [6.07, 6.45) is 97.2. The van der Waals surface area contributed by atoms with Crippen LogP contribution in [0.15, 0.2) is 97.2 Å². The number of unbranched alkanes of at least 4 members (excludes halogenated alkanes) is 38. The lowest BCUT2D eigenvalue weighted by molar-refractivity contribution is -0.161. The van der Waals surface area contributed by atoms with Crippen molar-refractivity contribution in [1.29, 1.82) is 0 Å². The van der Waals surface area contributed by atoms with Gasteiger partial charge in [0, 0.05) is 12.8 Å². The fourth-order valence-corrected chi connectivity index (χ4v) is 9.83. The van der Waals surface area contributed by atoms with E-state index in [1.165, 1.54) is 218 Å². The molecule has 1 N–H and O–H groups in total. The lowest BCUT2D eigenvalue weighted by Crippen LogP contribution is -2.28. The van der Waals surface area contributed by atoms with Crippen LogP contribution < -0.4 is 0 Å². The van der Waals surface area contributed by atoms with Crippen LogP contribution in [0, 0.1) is 0 Å². The number of esters is 2. The molecule has 0 spiro atoms. The Hall–Kier alpha value is -3.18. The maximum Gasteiger partial charge on any atom is 0.306 e. The van der Waals surface area contributed by atoms with Crippen molar-refractivity contribution in [2.75, 3.05) is 13.2 Å². The molecule has 0 fully saturated rings. The Balaban J connectivity index is 3.45. The molecule has 0 aromatic heterocycles. The van der Waals surface area contributed by atoms with Gasteiger partial charge in [-0.15, -0.1) is 0 Å². The van der Waals surface area contributed by atoms with Crippen molar-refractivity contribution in [2.24, 2.45) is 0 Å². The zero-order chi connectivity index (χ0) is 56.2. The summed E-state index contributed by atoms with van der Waals surface area (Å²) >= 11 is 0. The average Bonchev–Trinajstić information content (AvgIpc) is 3.44. The van der Waals surface area contributed by atoms with E-state index in [1.807, 2.05) is 0 Å². The fourth-order valence-electron chi connectivity index (χ4n) is 9.83. The number of hydrogen-bond donors (Lipinski definition) is 1. The van der Waals surface area contributed by atoms with Gasteiger partial charge in [-0.25, -0.2) is 0 Å². The third kappa shape index (κ3) is 65.3. The fraction of sp³-hybridized carbons (Fsp3) is 0.753. The van der Waals surface area contributed by atoms with Gasteiger partial charge in [0.15, 0.2) is 6.10 Å². The number of ether oxygens (including phenoxy) is 2. The Morgan fingerprint density at radius 3 is 0.833 bits per heavy atom. The molecule has 0 saturated carbocycles. The average molecular weight is 1090 g/mol. The molecule has 0 heterocycles. The van der Waals surface area contributed by atoms with Gasteiger partial charge < -0.3 is 14.6 Å². The molecule has 0 aliphatic rings. The number of rotatable bonds is 62. The second-order valence-corrected chi connectivity index (χ2v) is 22.5. The van der Waals surface area contributed by atoms with E-state index in [2.05, 4.69) is 111 Å². The van der Waals surface area contributed by atoms with Crippen molar-refractivity contribution in [3.8, 4) is 0 Å². The van der Waals surface area contributed by atoms with Crippen LogP contribution in [-0.2, 0) is 19.1 Å². The Kier molecular flexibility index (Phi) is 65.3. The second kappa shape index (κ2) is 68.1. The van der Waals surface area contributed by atoms with E-state index in [0.29, 0.717) is 12.8 Å². The summed E-state index contributed by atoms with van der Waals surface area (Å²) in [6, 6.07) is 0. The summed E-state index contributed by atoms with van der Waals surface area (Å²) in [4.78, 5) is 24.6. The lowest BCUT2D eigenvalue weighted by atomic mass is 10.0. The van der Waals surface area contributed by atoms with Crippen molar-refractivity contribution in [3.05, 3.63) is 97.2 Å². The summed E-state index contributed by atoms with van der Waals surface area (Å²) in [6.45, 7) is 4.04. The Bertz CT molecular complexity index is 1460. The monoisotopic (exact) mass is 1080 g/mol. The minimum absolute atomic E-state index is 0.0704. The van der Waals surface area contributed by atoms with Gasteiger partial charge >= 0.3 is 11.9 Å². The molecule has 0 rings (SSSR count). The van der Waals surface area contributed by atoms with Gasteiger partial charge in [0.1, 0.15) is 6.61 Å². The third-order valence-electron chi connectivity index (χ3n) is 14.9. The van der Waals surface area contributed by atoms with Gasteiger partial charge in [0.25, 0.3) is 0 Å². The molecule has 0 aromatic carbocycles. The molecule has 0 aliphatic heterocycles. The molecular weight excluding hydrogens is 957 g/mol. The molecule has 0 saturated heterocycles. The zero-order valence-electron chi connectivity index (χ0n) is 51.7. The molecule has 0 aromatic rings. The van der Waals surface area contributed by atoms with E-state index in [0.717, 1.165) is 89.9 Å². The molecule has 5 nitrogen and oxygen atoms in total. The van der Waals surface area contributed by atoms with E-state index in [4.69, 9.17) is 9.47 Å². The van der Waals surface area contributed by atoms with Crippen LogP contribution in [0.5, 0.6) is 0 Å². The predicted octanol–water partition coefficient (Wildman–Crippen LogP) is 23.4. The zero-order valence-corrected chi connectivity index (χ0v) is 51.7. The molecule has 450 valence electrons. The molecule has 1 unspecified atom stereocenters. The van der Waals surface area contributed by atoms with E-state index in [-0.39, 0.29) is 25.2 Å². The van der Waals surface area contributed by atoms with Gasteiger partial charge in [-0.2, -0.15) is 0 Å². The van der Waals surface area contributed by atoms with Crippen molar-refractivity contribution >= 4 is 11.9 Å². The highest BCUT2D eigenvalue weighted by atomic mass is 16.6. The van der Waals surface area contributed by atoms with Crippen LogP contribution in [0.25, 0.3) is 0 Å². The standard InChI is InChI=1S/C73H128O5/c1-3-5-7-9-11-13-15-17-19-21-23-25-27-29-31-32-33-34-35-36-37-38-39-40-42-43-45-47-49-51-53-55-57-59-61-63-65-67-72(75)77-70-71(69-74)78-73(76)68-66-64-62-60-58-56-54-52-50-48-46-44-41-30-28-26-24-22-20-18-16-14-12-10-8-6-4-2/h6,8,12,14-15,17-18,20-21,23-24,26,30,41,46,48,71,74H,3-5,7,9-11,13,16,19,22,25,27-29,31-40,42-45,47,49-70H2,1-2H3/b8-6-,14-12-,17-15-,20-18-,23-21-,26-24-,41-30-,48-46-. The summed E-state index contributed by atoms with van der Waals surface area (Å²) in [5.41, 5.74) is 0. The summed E-state index contributed by atoms with van der Waals surface area (Å²) in [5.74, 6) is -0.591. The normalized spacial score (nSPS) is 12.8. The predicted molar refractivity (Wildman–Crippen MR) is 343 cm³/mol. The van der Waals surface area contributed by atoms with Crippen molar-refractivity contribution in [1.82, 2.24) is 0 Å². The van der Waals surface area contributed by atoms with E-state index in [1.54, 1.807) is 0 Å². The van der Waals surface area contributed by atoms with E-state index >= 15 is 0 Å². The highest BCUT2D eigenvalue weighted by Gasteiger charge is 2.16. The topological polar surface area (TPSA) is 72.8 Å². The molecule has 78 heavy (non-hydrogen) atoms. The maximum atomic E-state index is 12.3. The largest absolute Gasteiger partial charge is 0.462 e. The van der Waals surface area contributed by atoms with Crippen LogP contribution in [0.1, 0.15) is 335 Å². The first-order chi connectivity index (χ1) is 38.6. The number of allylic oxidation sites excluding steroid dienone is 16. The smallest absolute Gasteiger partial charge is 0.306 e. The molecule has 0 radical (unpaired) electrons. The Labute approximate surface area is 485 Å². The number of carbonyl (C=O) groups is 2. The number of hydrogen-bond acceptors (Lipinski definition) is 5. The van der Waals surface area contributed by atoms with Crippen LogP contribution >= 0.6 is 0 Å².